The fourth-order valence-corrected chi connectivity index (χ4v) is 5.01. The van der Waals surface area contributed by atoms with Crippen LogP contribution in [0.3, 0.4) is 0 Å². The molecule has 3 heteroatoms. The highest BCUT2D eigenvalue weighted by atomic mass is 16.6. The fourth-order valence-electron chi connectivity index (χ4n) is 5.01. The predicted octanol–water partition coefficient (Wildman–Crippen LogP) is 4.12. The normalized spacial score (nSPS) is 29.1. The lowest BCUT2D eigenvalue weighted by Crippen LogP contribution is -2.59. The molecule has 2 aromatic carbocycles. The Morgan fingerprint density at radius 3 is 2.04 bits per heavy atom. The number of hydrogen-bond donors (Lipinski definition) is 0. The Morgan fingerprint density at radius 2 is 1.46 bits per heavy atom. The number of piperidine rings is 3. The molecule has 1 aliphatic carbocycles. The molecule has 3 nitrogen and oxygen atoms in total. The van der Waals surface area contributed by atoms with Crippen LogP contribution in [-0.4, -0.2) is 36.9 Å². The minimum atomic E-state index is -0.0850. The first kappa shape index (κ1) is 16.1. The molecule has 0 amide bonds. The topological polar surface area (TPSA) is 21.6 Å². The number of rotatable bonds is 2. The second kappa shape index (κ2) is 6.24. The first-order chi connectivity index (χ1) is 12.7. The summed E-state index contributed by atoms with van der Waals surface area (Å²) in [5.41, 5.74) is 6.62. The van der Waals surface area contributed by atoms with Crippen LogP contribution >= 0.6 is 0 Å². The summed E-state index contributed by atoms with van der Waals surface area (Å²) in [5.74, 6) is 0.631. The molecule has 26 heavy (non-hydrogen) atoms. The number of fused-ring (bicyclic) bond motifs is 5. The van der Waals surface area contributed by atoms with Crippen LogP contribution in [0.2, 0.25) is 0 Å². The maximum atomic E-state index is 6.33. The van der Waals surface area contributed by atoms with Crippen molar-refractivity contribution in [3.63, 3.8) is 0 Å². The Labute approximate surface area is 155 Å². The Bertz CT molecular complexity index is 801. The molecular weight excluding hydrogens is 320 g/mol. The second-order valence-electron chi connectivity index (χ2n) is 8.46. The first-order valence-corrected chi connectivity index (χ1v) is 9.94. The molecular formula is C23H27N2O+. The van der Waals surface area contributed by atoms with E-state index in [1.54, 1.807) is 0 Å². The van der Waals surface area contributed by atoms with E-state index in [4.69, 9.17) is 9.99 Å². The lowest BCUT2D eigenvalue weighted by molar-refractivity contribution is -0.911. The lowest BCUT2D eigenvalue weighted by Gasteiger charge is -2.46. The minimum Gasteiger partial charge on any atom is -0.383 e. The Hall–Kier alpha value is -2.13. The molecule has 0 saturated carbocycles. The number of quaternary nitrogens is 1. The molecule has 3 aliphatic heterocycles. The van der Waals surface area contributed by atoms with Crippen molar-refractivity contribution in [2.24, 2.45) is 11.1 Å². The Kier molecular flexibility index (Phi) is 3.86. The van der Waals surface area contributed by atoms with Gasteiger partial charge in [0, 0.05) is 29.9 Å². The maximum Gasteiger partial charge on any atom is 0.178 e. The summed E-state index contributed by atoms with van der Waals surface area (Å²) in [4.78, 5) is 6.33. The van der Waals surface area contributed by atoms with Gasteiger partial charge in [-0.25, -0.2) is 0 Å². The van der Waals surface area contributed by atoms with Crippen LogP contribution in [0.15, 0.2) is 53.7 Å². The van der Waals surface area contributed by atoms with Crippen molar-refractivity contribution in [1.82, 2.24) is 0 Å². The quantitative estimate of drug-likeness (QED) is 0.592. The molecule has 0 atom stereocenters. The zero-order valence-corrected chi connectivity index (χ0v) is 15.5. The standard InChI is InChI=1S/C23H27N2O/c1-25-14-12-19(13-15-25)22(16-25)24-26-23-20-8-4-2-6-17(20)10-11-18-7-3-5-9-21(18)23/h2-9,19,23H,10-16H2,1H3/q+1/b24-22-. The maximum absolute atomic E-state index is 6.33. The molecule has 0 N–H and O–H groups in total. The molecule has 3 fully saturated rings. The smallest absolute Gasteiger partial charge is 0.178 e. The number of aryl methyl sites for hydroxylation is 2. The van der Waals surface area contributed by atoms with Gasteiger partial charge in [-0.1, -0.05) is 53.7 Å². The van der Waals surface area contributed by atoms with Gasteiger partial charge in [0.1, 0.15) is 12.3 Å². The van der Waals surface area contributed by atoms with Crippen molar-refractivity contribution in [1.29, 1.82) is 0 Å². The second-order valence-corrected chi connectivity index (χ2v) is 8.46. The molecule has 134 valence electrons. The van der Waals surface area contributed by atoms with Gasteiger partial charge < -0.3 is 9.32 Å². The highest BCUT2D eigenvalue weighted by Gasteiger charge is 2.41. The third-order valence-electron chi connectivity index (χ3n) is 6.66. The summed E-state index contributed by atoms with van der Waals surface area (Å²) in [6, 6.07) is 17.4. The fraction of sp³-hybridized carbons (Fsp3) is 0.435. The van der Waals surface area contributed by atoms with Crippen LogP contribution < -0.4 is 0 Å². The van der Waals surface area contributed by atoms with Gasteiger partial charge in [-0.3, -0.25) is 0 Å². The molecule has 2 aromatic rings. The van der Waals surface area contributed by atoms with Crippen molar-refractivity contribution >= 4 is 5.71 Å². The largest absolute Gasteiger partial charge is 0.383 e. The van der Waals surface area contributed by atoms with E-state index >= 15 is 0 Å². The third kappa shape index (κ3) is 2.75. The van der Waals surface area contributed by atoms with Crippen molar-refractivity contribution in [2.45, 2.75) is 31.8 Å². The zero-order valence-electron chi connectivity index (χ0n) is 15.5. The molecule has 0 spiro atoms. The monoisotopic (exact) mass is 347 g/mol. The molecule has 3 saturated heterocycles. The van der Waals surface area contributed by atoms with E-state index in [0.29, 0.717) is 5.92 Å². The minimum absolute atomic E-state index is 0.0850. The van der Waals surface area contributed by atoms with E-state index in [1.165, 1.54) is 53.9 Å². The molecule has 0 unspecified atom stereocenters. The number of oxime groups is 1. The van der Waals surface area contributed by atoms with Gasteiger partial charge in [0.25, 0.3) is 0 Å². The van der Waals surface area contributed by atoms with Crippen LogP contribution in [0.1, 0.15) is 41.2 Å². The van der Waals surface area contributed by atoms with Gasteiger partial charge >= 0.3 is 0 Å². The Morgan fingerprint density at radius 1 is 0.885 bits per heavy atom. The van der Waals surface area contributed by atoms with E-state index in [9.17, 15) is 0 Å². The molecule has 0 aromatic heterocycles. The average Bonchev–Trinajstić information content (AvgIpc) is 2.83. The molecule has 2 bridgehead atoms. The molecule has 6 rings (SSSR count). The van der Waals surface area contributed by atoms with E-state index < -0.39 is 0 Å². The van der Waals surface area contributed by atoms with E-state index in [2.05, 4.69) is 55.6 Å². The van der Waals surface area contributed by atoms with Gasteiger partial charge in [-0.2, -0.15) is 0 Å². The van der Waals surface area contributed by atoms with Crippen LogP contribution in [0, 0.1) is 5.92 Å². The van der Waals surface area contributed by atoms with Gasteiger partial charge in [0.05, 0.1) is 20.1 Å². The average molecular weight is 347 g/mol. The van der Waals surface area contributed by atoms with Gasteiger partial charge in [-0.15, -0.1) is 0 Å². The van der Waals surface area contributed by atoms with E-state index in [0.717, 1.165) is 23.9 Å². The van der Waals surface area contributed by atoms with Crippen molar-refractivity contribution in [2.75, 3.05) is 26.7 Å². The Balaban J connectivity index is 1.51. The lowest BCUT2D eigenvalue weighted by atomic mass is 9.85. The predicted molar refractivity (Wildman–Crippen MR) is 104 cm³/mol. The summed E-state index contributed by atoms with van der Waals surface area (Å²) in [7, 11) is 2.36. The molecule has 3 heterocycles. The SMILES string of the molecule is C[N+]12CCC(CC1)/C(=N\OC1c3ccccc3CCc3ccccc31)C2. The van der Waals surface area contributed by atoms with E-state index in [1.807, 2.05) is 0 Å². The van der Waals surface area contributed by atoms with Crippen LogP contribution in [0.4, 0.5) is 0 Å². The zero-order chi connectivity index (χ0) is 17.6. The number of nitrogens with zero attached hydrogens (tertiary/aromatic N) is 2. The summed E-state index contributed by atoms with van der Waals surface area (Å²) in [6.45, 7) is 3.64. The summed E-state index contributed by atoms with van der Waals surface area (Å²) in [6.07, 6.45) is 4.58. The van der Waals surface area contributed by atoms with Gasteiger partial charge in [0.15, 0.2) is 6.10 Å². The van der Waals surface area contributed by atoms with Crippen molar-refractivity contribution < 1.29 is 9.32 Å². The molecule has 4 aliphatic rings. The first-order valence-electron chi connectivity index (χ1n) is 9.94. The van der Waals surface area contributed by atoms with Crippen LogP contribution in [-0.2, 0) is 17.7 Å². The van der Waals surface area contributed by atoms with Crippen molar-refractivity contribution in [3.8, 4) is 0 Å². The summed E-state index contributed by atoms with van der Waals surface area (Å²) in [5, 5.41) is 4.78. The van der Waals surface area contributed by atoms with E-state index in [-0.39, 0.29) is 6.10 Å². The van der Waals surface area contributed by atoms with Gasteiger partial charge in [0.2, 0.25) is 0 Å². The van der Waals surface area contributed by atoms with Gasteiger partial charge in [-0.05, 0) is 24.0 Å². The summed E-state index contributed by atoms with van der Waals surface area (Å²) < 4.78 is 1.14. The third-order valence-corrected chi connectivity index (χ3v) is 6.66. The highest BCUT2D eigenvalue weighted by molar-refractivity contribution is 5.88. The number of hydrogen-bond acceptors (Lipinski definition) is 2. The van der Waals surface area contributed by atoms with Crippen LogP contribution in [0.5, 0.6) is 0 Å². The highest BCUT2D eigenvalue weighted by Crippen LogP contribution is 2.36. The summed E-state index contributed by atoms with van der Waals surface area (Å²) >= 11 is 0. The number of benzene rings is 2. The van der Waals surface area contributed by atoms with Crippen LogP contribution in [0.25, 0.3) is 0 Å². The van der Waals surface area contributed by atoms with Crippen molar-refractivity contribution in [3.05, 3.63) is 70.8 Å². The molecule has 0 radical (unpaired) electrons.